The van der Waals surface area contributed by atoms with Crippen LogP contribution in [-0.4, -0.2) is 53.5 Å². The number of esters is 1. The molecule has 0 N–H and O–H groups in total. The van der Waals surface area contributed by atoms with Crippen LogP contribution in [0.2, 0.25) is 10.0 Å². The zero-order chi connectivity index (χ0) is 23.6. The average Bonchev–Trinajstić information content (AvgIpc) is 2.63. The molecule has 31 heavy (non-hydrogen) atoms. The molecule has 2 rings (SSSR count). The van der Waals surface area contributed by atoms with Crippen molar-refractivity contribution in [3.8, 4) is 5.75 Å². The third kappa shape index (κ3) is 4.79. The molecule has 0 fully saturated rings. The highest BCUT2D eigenvalue weighted by molar-refractivity contribution is 6.36. The Labute approximate surface area is 183 Å². The van der Waals surface area contributed by atoms with Gasteiger partial charge in [-0.3, -0.25) is 9.69 Å². The lowest BCUT2D eigenvalue weighted by Crippen LogP contribution is -2.67. The van der Waals surface area contributed by atoms with Gasteiger partial charge < -0.3 is 14.3 Å². The maximum absolute atomic E-state index is 14.5. The number of hydrogen-bond donors (Lipinski definition) is 0. The summed E-state index contributed by atoms with van der Waals surface area (Å²) in [7, 11) is 0. The fourth-order valence-corrected chi connectivity index (χ4v) is 3.51. The molecule has 0 bridgehead atoms. The molecule has 1 unspecified atom stereocenters. The Kier molecular flexibility index (Phi) is 7.27. The number of rotatable bonds is 7. The van der Waals surface area contributed by atoms with E-state index >= 15 is 0 Å². The topological polar surface area (TPSA) is 108 Å². The van der Waals surface area contributed by atoms with Crippen molar-refractivity contribution in [1.29, 1.82) is 0 Å². The van der Waals surface area contributed by atoms with Gasteiger partial charge in [0.15, 0.2) is 0 Å². The van der Waals surface area contributed by atoms with E-state index in [1.54, 1.807) is 0 Å². The summed E-state index contributed by atoms with van der Waals surface area (Å²) in [6, 6.07) is 2.32. The zero-order valence-corrected chi connectivity index (χ0v) is 17.5. The van der Waals surface area contributed by atoms with Crippen LogP contribution in [0, 0.1) is 10.1 Å². The minimum Gasteiger partial charge on any atom is -0.462 e. The van der Waals surface area contributed by atoms with Gasteiger partial charge in [-0.15, -0.1) is 10.1 Å². The van der Waals surface area contributed by atoms with Crippen molar-refractivity contribution in [3.05, 3.63) is 43.4 Å². The number of carbonyl (C=O) groups is 2. The third-order valence-electron chi connectivity index (χ3n) is 4.10. The Balaban J connectivity index is 2.78. The summed E-state index contributed by atoms with van der Waals surface area (Å²) in [6.07, 6.45) is -4.61. The smallest absolute Gasteiger partial charge is 0.454 e. The van der Waals surface area contributed by atoms with Crippen LogP contribution in [0.1, 0.15) is 19.4 Å². The monoisotopic (exact) mass is 486 g/mol. The molecule has 0 radical (unpaired) electrons. The summed E-state index contributed by atoms with van der Waals surface area (Å²) in [5, 5.41) is 8.90. The first kappa shape index (κ1) is 24.5. The number of amides is 1. The van der Waals surface area contributed by atoms with Crippen LogP contribution in [0.3, 0.4) is 0 Å². The van der Waals surface area contributed by atoms with Gasteiger partial charge in [-0.25, -0.2) is 4.79 Å². The molecule has 170 valence electrons. The van der Waals surface area contributed by atoms with Crippen molar-refractivity contribution >= 4 is 41.2 Å². The fourth-order valence-electron chi connectivity index (χ4n) is 2.96. The predicted molar refractivity (Wildman–Crippen MR) is 101 cm³/mol. The highest BCUT2D eigenvalue weighted by Gasteiger charge is 2.68. The zero-order valence-electron chi connectivity index (χ0n) is 16.0. The van der Waals surface area contributed by atoms with Gasteiger partial charge in [-0.2, -0.15) is 13.2 Å². The van der Waals surface area contributed by atoms with E-state index in [2.05, 4.69) is 4.84 Å². The van der Waals surface area contributed by atoms with E-state index in [0.29, 0.717) is 0 Å². The normalized spacial score (nSPS) is 17.7. The molecule has 1 aromatic carbocycles. The van der Waals surface area contributed by atoms with Crippen LogP contribution >= 0.6 is 23.2 Å². The summed E-state index contributed by atoms with van der Waals surface area (Å²) in [5.41, 5.74) is -4.86. The number of benzene rings is 1. The van der Waals surface area contributed by atoms with E-state index in [-0.39, 0.29) is 27.1 Å². The number of nitrogens with zero attached hydrogens (tertiary/aromatic N) is 2. The summed E-state index contributed by atoms with van der Waals surface area (Å²) >= 11 is 11.9. The van der Waals surface area contributed by atoms with Crippen LogP contribution in [0.5, 0.6) is 5.75 Å². The fraction of sp³-hybridized carbons (Fsp3) is 0.412. The Morgan fingerprint density at radius 2 is 1.97 bits per heavy atom. The molecule has 0 saturated heterocycles. The van der Waals surface area contributed by atoms with E-state index in [9.17, 15) is 32.9 Å². The lowest BCUT2D eigenvalue weighted by Gasteiger charge is -2.46. The Morgan fingerprint density at radius 1 is 1.32 bits per heavy atom. The molecular weight excluding hydrogens is 472 g/mol. The summed E-state index contributed by atoms with van der Waals surface area (Å²) in [4.78, 5) is 39.3. The first-order chi connectivity index (χ1) is 14.3. The average molecular weight is 487 g/mol. The number of carbonyl (C=O) groups excluding carboxylic acids is 2. The van der Waals surface area contributed by atoms with Gasteiger partial charge in [0.05, 0.1) is 11.6 Å². The molecule has 1 aromatic rings. The minimum absolute atomic E-state index is 0.0501. The standard InChI is InChI=1S/C17H15Cl2F3N2O7/c1-3-29-15(26)12-7-10-6-11(18)8-13(19)14(10)31-16(12,17(20,21)22)23(9(2)25)4-5-30-24(27)28/h6-8H,3-5H2,1-2H3. The maximum Gasteiger partial charge on any atom is 0.454 e. The SMILES string of the molecule is CCOC(=O)C1=Cc2cc(Cl)cc(Cl)c2OC1(N(CCO[N+](=O)[O-])C(C)=O)C(F)(F)F. The van der Waals surface area contributed by atoms with E-state index in [4.69, 9.17) is 32.7 Å². The second kappa shape index (κ2) is 9.18. The van der Waals surface area contributed by atoms with Gasteiger partial charge in [0.1, 0.15) is 17.9 Å². The highest BCUT2D eigenvalue weighted by Crippen LogP contribution is 2.50. The van der Waals surface area contributed by atoms with Gasteiger partial charge in [-0.05, 0) is 25.1 Å². The molecule has 1 amide bonds. The molecule has 0 aliphatic carbocycles. The Bertz CT molecular complexity index is 939. The van der Waals surface area contributed by atoms with Crippen LogP contribution < -0.4 is 4.74 Å². The largest absolute Gasteiger partial charge is 0.462 e. The van der Waals surface area contributed by atoms with Gasteiger partial charge in [0.25, 0.3) is 5.09 Å². The van der Waals surface area contributed by atoms with E-state index < -0.39 is 53.3 Å². The van der Waals surface area contributed by atoms with Gasteiger partial charge in [0.2, 0.25) is 5.91 Å². The first-order valence-electron chi connectivity index (χ1n) is 8.54. The van der Waals surface area contributed by atoms with Crippen molar-refractivity contribution in [3.63, 3.8) is 0 Å². The first-order valence-corrected chi connectivity index (χ1v) is 9.30. The van der Waals surface area contributed by atoms with Crippen LogP contribution in [0.4, 0.5) is 13.2 Å². The molecule has 0 aromatic heterocycles. The van der Waals surface area contributed by atoms with Gasteiger partial charge >= 0.3 is 17.9 Å². The maximum atomic E-state index is 14.5. The number of fused-ring (bicyclic) bond motifs is 1. The lowest BCUT2D eigenvalue weighted by molar-refractivity contribution is -0.757. The summed E-state index contributed by atoms with van der Waals surface area (Å²) in [5.74, 6) is -3.14. The molecule has 1 aliphatic rings. The predicted octanol–water partition coefficient (Wildman–Crippen LogP) is 3.65. The Morgan fingerprint density at radius 3 is 2.48 bits per heavy atom. The van der Waals surface area contributed by atoms with E-state index in [1.807, 2.05) is 0 Å². The second-order valence-electron chi connectivity index (χ2n) is 6.06. The quantitative estimate of drug-likeness (QED) is 0.328. The molecule has 1 aliphatic heterocycles. The van der Waals surface area contributed by atoms with Crippen molar-refractivity contribution in [2.24, 2.45) is 0 Å². The van der Waals surface area contributed by atoms with Crippen molar-refractivity contribution in [2.75, 3.05) is 19.8 Å². The van der Waals surface area contributed by atoms with Crippen LogP contribution in [-0.2, 0) is 19.2 Å². The molecule has 1 heterocycles. The van der Waals surface area contributed by atoms with Crippen LogP contribution in [0.15, 0.2) is 17.7 Å². The number of hydrogen-bond acceptors (Lipinski definition) is 7. The number of ether oxygens (including phenoxy) is 2. The summed E-state index contributed by atoms with van der Waals surface area (Å²) in [6.45, 7) is -0.0203. The molecule has 14 heteroatoms. The van der Waals surface area contributed by atoms with Crippen LogP contribution in [0.25, 0.3) is 6.08 Å². The van der Waals surface area contributed by atoms with Gasteiger partial charge in [0, 0.05) is 24.1 Å². The lowest BCUT2D eigenvalue weighted by atomic mass is 9.93. The third-order valence-corrected chi connectivity index (χ3v) is 4.60. The van der Waals surface area contributed by atoms with E-state index in [0.717, 1.165) is 19.1 Å². The van der Waals surface area contributed by atoms with E-state index in [1.165, 1.54) is 13.0 Å². The van der Waals surface area contributed by atoms with Crippen molar-refractivity contribution < 1.29 is 42.2 Å². The molecule has 0 saturated carbocycles. The second-order valence-corrected chi connectivity index (χ2v) is 6.90. The Hall–Kier alpha value is -2.73. The van der Waals surface area contributed by atoms with Crippen molar-refractivity contribution in [2.45, 2.75) is 25.7 Å². The van der Waals surface area contributed by atoms with Gasteiger partial charge in [-0.1, -0.05) is 23.2 Å². The number of alkyl halides is 3. The molecule has 9 nitrogen and oxygen atoms in total. The highest BCUT2D eigenvalue weighted by atomic mass is 35.5. The minimum atomic E-state index is -5.41. The number of halogens is 5. The molecule has 0 spiro atoms. The molecular formula is C17H15Cl2F3N2O7. The summed E-state index contributed by atoms with van der Waals surface area (Å²) < 4.78 is 53.6. The molecule has 1 atom stereocenters. The van der Waals surface area contributed by atoms with Crippen molar-refractivity contribution in [1.82, 2.24) is 4.90 Å².